The van der Waals surface area contributed by atoms with Crippen LogP contribution in [-0.4, -0.2) is 18.8 Å². The van der Waals surface area contributed by atoms with Gasteiger partial charge in [0.15, 0.2) is 0 Å². The molecule has 0 aromatic heterocycles. The van der Waals surface area contributed by atoms with Crippen molar-refractivity contribution < 1.29 is 14.4 Å². The van der Waals surface area contributed by atoms with Crippen molar-refractivity contribution in [3.05, 3.63) is 70.3 Å². The molecule has 2 aromatic rings. The number of nitrogens with zero attached hydrogens (tertiary/aromatic N) is 1. The molecule has 0 amide bonds. The third-order valence-electron chi connectivity index (χ3n) is 4.27. The van der Waals surface area contributed by atoms with Crippen LogP contribution in [0, 0.1) is 0 Å². The molecule has 0 radical (unpaired) electrons. The molecule has 5 heteroatoms. The number of carbonyl (C=O) groups is 1. The van der Waals surface area contributed by atoms with Gasteiger partial charge >= 0.3 is 5.97 Å². The molecule has 3 rings (SSSR count). The summed E-state index contributed by atoms with van der Waals surface area (Å²) in [5.41, 5.74) is 3.28. The van der Waals surface area contributed by atoms with Crippen LogP contribution in [0.1, 0.15) is 41.6 Å². The van der Waals surface area contributed by atoms with Crippen molar-refractivity contribution in [3.8, 4) is 5.75 Å². The van der Waals surface area contributed by atoms with E-state index in [4.69, 9.17) is 21.2 Å². The van der Waals surface area contributed by atoms with E-state index in [9.17, 15) is 4.79 Å². The van der Waals surface area contributed by atoms with Crippen LogP contribution in [0.15, 0.2) is 59.3 Å². The molecule has 1 aliphatic rings. The second-order valence-electron chi connectivity index (χ2n) is 6.05. The van der Waals surface area contributed by atoms with E-state index >= 15 is 0 Å². The molecule has 1 aliphatic carbocycles. The van der Waals surface area contributed by atoms with Crippen LogP contribution in [0.4, 0.5) is 0 Å². The predicted octanol–water partition coefficient (Wildman–Crippen LogP) is 5.52. The lowest BCUT2D eigenvalue weighted by molar-refractivity contribution is 0.0515. The first-order chi connectivity index (χ1) is 12.7. The molecule has 0 bridgehead atoms. The first-order valence-corrected chi connectivity index (χ1v) is 8.93. The first-order valence-electron chi connectivity index (χ1n) is 8.55. The Hall–Kier alpha value is -2.59. The zero-order chi connectivity index (χ0) is 18.4. The van der Waals surface area contributed by atoms with Crippen molar-refractivity contribution in [2.45, 2.75) is 25.7 Å². The maximum absolute atomic E-state index is 12.2. The highest BCUT2D eigenvalue weighted by Crippen LogP contribution is 2.25. The number of rotatable bonds is 4. The Morgan fingerprint density at radius 1 is 1.08 bits per heavy atom. The van der Waals surface area contributed by atoms with Gasteiger partial charge in [0.05, 0.1) is 23.4 Å². The van der Waals surface area contributed by atoms with E-state index in [0.29, 0.717) is 10.6 Å². The van der Waals surface area contributed by atoms with Gasteiger partial charge in [0, 0.05) is 0 Å². The lowest BCUT2D eigenvalue weighted by Gasteiger charge is -2.16. The van der Waals surface area contributed by atoms with Crippen molar-refractivity contribution in [3.63, 3.8) is 0 Å². The predicted molar refractivity (Wildman–Crippen MR) is 104 cm³/mol. The van der Waals surface area contributed by atoms with E-state index < -0.39 is 5.97 Å². The second-order valence-corrected chi connectivity index (χ2v) is 6.45. The van der Waals surface area contributed by atoms with Gasteiger partial charge in [-0.2, -0.15) is 0 Å². The summed E-state index contributed by atoms with van der Waals surface area (Å²) in [4.78, 5) is 17.4. The van der Waals surface area contributed by atoms with Gasteiger partial charge in [-0.25, -0.2) is 4.79 Å². The van der Waals surface area contributed by atoms with E-state index in [2.05, 4.69) is 11.2 Å². The van der Waals surface area contributed by atoms with Crippen LogP contribution in [0.5, 0.6) is 5.75 Å². The van der Waals surface area contributed by atoms with Crippen molar-refractivity contribution >= 4 is 29.4 Å². The summed E-state index contributed by atoms with van der Waals surface area (Å²) in [7, 11) is 1.65. The van der Waals surface area contributed by atoms with Crippen molar-refractivity contribution in [1.82, 2.24) is 0 Å². The molecule has 0 unspecified atom stereocenters. The number of hydrogen-bond acceptors (Lipinski definition) is 4. The molecule has 0 atom stereocenters. The average molecular weight is 370 g/mol. The molecular formula is C21H20ClNO3. The maximum Gasteiger partial charge on any atom is 0.367 e. The Kier molecular flexibility index (Phi) is 6.08. The number of hydrogen-bond donors (Lipinski definition) is 0. The number of halogens is 1. The highest BCUT2D eigenvalue weighted by Gasteiger charge is 2.16. The lowest BCUT2D eigenvalue weighted by Crippen LogP contribution is -2.11. The van der Waals surface area contributed by atoms with E-state index in [1.165, 1.54) is 0 Å². The third-order valence-corrected chi connectivity index (χ3v) is 4.60. The summed E-state index contributed by atoms with van der Waals surface area (Å²) < 4.78 is 5.18. The van der Waals surface area contributed by atoms with Crippen molar-refractivity contribution in [2.75, 3.05) is 7.11 Å². The molecule has 2 aromatic carbocycles. The van der Waals surface area contributed by atoms with E-state index in [-0.39, 0.29) is 0 Å². The Bertz CT molecular complexity index is 841. The number of methoxy groups -OCH3 is 1. The Morgan fingerprint density at radius 3 is 2.54 bits per heavy atom. The molecule has 0 aliphatic heterocycles. The first kappa shape index (κ1) is 18.2. The van der Waals surface area contributed by atoms with Crippen molar-refractivity contribution in [2.24, 2.45) is 5.16 Å². The van der Waals surface area contributed by atoms with Gasteiger partial charge in [0.2, 0.25) is 0 Å². The minimum Gasteiger partial charge on any atom is -0.497 e. The van der Waals surface area contributed by atoms with Gasteiger partial charge in [0.1, 0.15) is 5.75 Å². The summed E-state index contributed by atoms with van der Waals surface area (Å²) in [6.45, 7) is 0. The molecule has 1 fully saturated rings. The molecule has 4 nitrogen and oxygen atoms in total. The van der Waals surface area contributed by atoms with E-state index in [1.807, 2.05) is 24.3 Å². The van der Waals surface area contributed by atoms with Crippen LogP contribution in [0.25, 0.3) is 6.08 Å². The quantitative estimate of drug-likeness (QED) is 0.526. The zero-order valence-electron chi connectivity index (χ0n) is 14.6. The largest absolute Gasteiger partial charge is 0.497 e. The number of carbonyl (C=O) groups excluding carboxylic acids is 1. The van der Waals surface area contributed by atoms with Crippen LogP contribution in [-0.2, 0) is 4.84 Å². The van der Waals surface area contributed by atoms with Crippen LogP contribution in [0.3, 0.4) is 0 Å². The molecule has 0 spiro atoms. The minimum absolute atomic E-state index is 0.315. The van der Waals surface area contributed by atoms with Gasteiger partial charge in [-0.15, -0.1) is 0 Å². The zero-order valence-corrected chi connectivity index (χ0v) is 15.3. The monoisotopic (exact) mass is 369 g/mol. The Morgan fingerprint density at radius 2 is 1.81 bits per heavy atom. The van der Waals surface area contributed by atoms with Crippen molar-refractivity contribution in [1.29, 1.82) is 0 Å². The lowest BCUT2D eigenvalue weighted by atomic mass is 9.91. The third kappa shape index (κ3) is 4.52. The van der Waals surface area contributed by atoms with Gasteiger partial charge in [-0.05, 0) is 67.2 Å². The van der Waals surface area contributed by atoms with Crippen LogP contribution in [0.2, 0.25) is 5.02 Å². The highest BCUT2D eigenvalue weighted by atomic mass is 35.5. The minimum atomic E-state index is -0.544. The summed E-state index contributed by atoms with van der Waals surface area (Å²) >= 11 is 6.03. The van der Waals surface area contributed by atoms with Gasteiger partial charge in [-0.1, -0.05) is 41.0 Å². The number of oxime groups is 1. The molecule has 0 N–H and O–H groups in total. The molecular weight excluding hydrogens is 350 g/mol. The molecule has 1 saturated carbocycles. The summed E-state index contributed by atoms with van der Waals surface area (Å²) in [6, 6.07) is 14.6. The maximum atomic E-state index is 12.2. The topological polar surface area (TPSA) is 47.9 Å². The molecule has 134 valence electrons. The van der Waals surface area contributed by atoms with Crippen LogP contribution < -0.4 is 4.74 Å². The highest BCUT2D eigenvalue weighted by molar-refractivity contribution is 6.33. The Labute approximate surface area is 158 Å². The average Bonchev–Trinajstić information content (AvgIpc) is 2.68. The molecule has 0 heterocycles. The fraction of sp³-hybridized carbons (Fsp3) is 0.238. The van der Waals surface area contributed by atoms with Crippen LogP contribution >= 0.6 is 11.6 Å². The van der Waals surface area contributed by atoms with E-state index in [0.717, 1.165) is 48.3 Å². The smallest absolute Gasteiger partial charge is 0.367 e. The van der Waals surface area contributed by atoms with Gasteiger partial charge in [0.25, 0.3) is 0 Å². The number of ether oxygens (including phenoxy) is 1. The standard InChI is InChI=1S/C21H20ClNO3/c1-25-17-12-10-15(11-13-17)14-16-6-2-5-9-20(16)23-26-21(24)18-7-3-4-8-19(18)22/h3-4,7-8,10-14H,2,5-6,9H2,1H3/b16-14+,23-20+. The summed E-state index contributed by atoms with van der Waals surface area (Å²) in [6.07, 6.45) is 5.91. The van der Waals surface area contributed by atoms with E-state index in [1.54, 1.807) is 31.4 Å². The SMILES string of the molecule is COc1ccc(/C=C2\CCCC\C2=N/OC(=O)c2ccccc2Cl)cc1. The fourth-order valence-electron chi connectivity index (χ4n) is 2.85. The molecule has 0 saturated heterocycles. The van der Waals surface area contributed by atoms with Gasteiger partial charge < -0.3 is 9.57 Å². The number of allylic oxidation sites excluding steroid dienone is 1. The second kappa shape index (κ2) is 8.68. The Balaban J connectivity index is 1.77. The molecule has 26 heavy (non-hydrogen) atoms. The normalized spacial score (nSPS) is 17.3. The fourth-order valence-corrected chi connectivity index (χ4v) is 3.06. The number of benzene rings is 2. The summed E-state index contributed by atoms with van der Waals surface area (Å²) in [5, 5.41) is 4.48. The summed E-state index contributed by atoms with van der Waals surface area (Å²) in [5.74, 6) is 0.274. The van der Waals surface area contributed by atoms with Gasteiger partial charge in [-0.3, -0.25) is 0 Å².